The SMILES string of the molecule is CCCCCCCCCCCCCCC/C=C\CCC(=O)OC(CO)COP(=O)(O)OCC[N+](C)(C)C. The van der Waals surface area contributed by atoms with Crippen molar-refractivity contribution in [2.45, 2.75) is 116 Å². The highest BCUT2D eigenvalue weighted by Crippen LogP contribution is 2.43. The molecule has 0 fully saturated rings. The number of carbonyl (C=O) groups is 1. The average molecular weight is 551 g/mol. The summed E-state index contributed by atoms with van der Waals surface area (Å²) in [6.07, 6.45) is 22.3. The Morgan fingerprint density at radius 2 is 1.35 bits per heavy atom. The van der Waals surface area contributed by atoms with E-state index in [2.05, 4.69) is 13.0 Å². The first-order valence-corrected chi connectivity index (χ1v) is 16.0. The van der Waals surface area contributed by atoms with E-state index in [1.807, 2.05) is 27.2 Å². The van der Waals surface area contributed by atoms with Crippen molar-refractivity contribution in [1.29, 1.82) is 0 Å². The van der Waals surface area contributed by atoms with Gasteiger partial charge in [-0.3, -0.25) is 13.8 Å². The van der Waals surface area contributed by atoms with Gasteiger partial charge in [-0.05, 0) is 19.3 Å². The van der Waals surface area contributed by atoms with Gasteiger partial charge in [0.05, 0.1) is 34.4 Å². The second kappa shape index (κ2) is 23.2. The number of aliphatic hydroxyl groups excluding tert-OH is 1. The Balaban J connectivity index is 3.72. The lowest BCUT2D eigenvalue weighted by atomic mass is 10.0. The number of unbranched alkanes of at least 4 members (excludes halogenated alkanes) is 13. The number of quaternary nitrogens is 1. The Kier molecular flexibility index (Phi) is 22.7. The zero-order valence-corrected chi connectivity index (χ0v) is 25.1. The van der Waals surface area contributed by atoms with Crippen LogP contribution in [-0.2, 0) is 23.1 Å². The van der Waals surface area contributed by atoms with Gasteiger partial charge in [-0.25, -0.2) is 4.57 Å². The van der Waals surface area contributed by atoms with Crippen LogP contribution in [0.25, 0.3) is 0 Å². The number of hydrogen-bond donors (Lipinski definition) is 2. The van der Waals surface area contributed by atoms with E-state index in [0.717, 1.165) is 6.42 Å². The van der Waals surface area contributed by atoms with Crippen LogP contribution in [0.15, 0.2) is 12.2 Å². The lowest BCUT2D eigenvalue weighted by molar-refractivity contribution is -0.870. The number of esters is 1. The molecule has 0 heterocycles. The van der Waals surface area contributed by atoms with Gasteiger partial charge in [0.25, 0.3) is 0 Å². The van der Waals surface area contributed by atoms with Crippen LogP contribution in [0.1, 0.15) is 110 Å². The summed E-state index contributed by atoms with van der Waals surface area (Å²) in [4.78, 5) is 21.7. The molecule has 2 unspecified atom stereocenters. The molecule has 0 saturated heterocycles. The van der Waals surface area contributed by atoms with Crippen LogP contribution in [-0.4, -0.2) is 74.1 Å². The summed E-state index contributed by atoms with van der Waals surface area (Å²) >= 11 is 0. The standard InChI is InChI=1S/C28H56NO7P/c1-5-6-7-8-9-10-11-12-13-14-15-16-17-18-19-20-21-22-28(31)36-27(25-30)26-35-37(32,33)34-24-23-29(2,3)4/h19-20,27,30H,5-18,21-26H2,1-4H3/p+1/b20-19-. The van der Waals surface area contributed by atoms with Crippen molar-refractivity contribution >= 4 is 13.8 Å². The van der Waals surface area contributed by atoms with E-state index >= 15 is 0 Å². The lowest BCUT2D eigenvalue weighted by Gasteiger charge is -2.24. The molecule has 0 aromatic carbocycles. The number of phosphoric ester groups is 1. The van der Waals surface area contributed by atoms with Gasteiger partial charge in [-0.2, -0.15) is 0 Å². The molecule has 0 radical (unpaired) electrons. The van der Waals surface area contributed by atoms with Crippen molar-refractivity contribution in [3.63, 3.8) is 0 Å². The number of nitrogens with zero attached hydrogens (tertiary/aromatic N) is 1. The first kappa shape index (κ1) is 36.2. The first-order valence-electron chi connectivity index (χ1n) is 14.5. The van der Waals surface area contributed by atoms with Gasteiger partial charge >= 0.3 is 13.8 Å². The highest BCUT2D eigenvalue weighted by Gasteiger charge is 2.25. The summed E-state index contributed by atoms with van der Waals surface area (Å²) in [6.45, 7) is 1.93. The Morgan fingerprint density at radius 1 is 0.838 bits per heavy atom. The van der Waals surface area contributed by atoms with Gasteiger partial charge in [0, 0.05) is 6.42 Å². The van der Waals surface area contributed by atoms with E-state index in [1.165, 1.54) is 83.5 Å². The van der Waals surface area contributed by atoms with E-state index in [9.17, 15) is 19.4 Å². The monoisotopic (exact) mass is 550 g/mol. The smallest absolute Gasteiger partial charge is 0.457 e. The number of likely N-dealkylation sites (N-methyl/N-ethyl adjacent to an activating group) is 1. The molecule has 0 amide bonds. The van der Waals surface area contributed by atoms with E-state index in [0.29, 0.717) is 17.4 Å². The molecule has 37 heavy (non-hydrogen) atoms. The molecule has 2 atom stereocenters. The van der Waals surface area contributed by atoms with Crippen LogP contribution in [0.2, 0.25) is 0 Å². The second-order valence-corrected chi connectivity index (χ2v) is 12.4. The van der Waals surface area contributed by atoms with Crippen LogP contribution < -0.4 is 0 Å². The minimum absolute atomic E-state index is 0.0481. The molecule has 9 heteroatoms. The molecule has 0 saturated carbocycles. The number of aliphatic hydroxyl groups is 1. The fourth-order valence-corrected chi connectivity index (χ4v) is 4.47. The van der Waals surface area contributed by atoms with Crippen molar-refractivity contribution in [3.8, 4) is 0 Å². The van der Waals surface area contributed by atoms with E-state index < -0.39 is 33.1 Å². The van der Waals surface area contributed by atoms with Crippen molar-refractivity contribution in [1.82, 2.24) is 0 Å². The minimum atomic E-state index is -4.27. The van der Waals surface area contributed by atoms with Gasteiger partial charge < -0.3 is 19.2 Å². The molecule has 0 aromatic heterocycles. The van der Waals surface area contributed by atoms with Gasteiger partial charge in [0.2, 0.25) is 0 Å². The zero-order valence-electron chi connectivity index (χ0n) is 24.2. The topological polar surface area (TPSA) is 102 Å². The summed E-state index contributed by atoms with van der Waals surface area (Å²) in [5.41, 5.74) is 0. The lowest BCUT2D eigenvalue weighted by Crippen LogP contribution is -2.37. The Bertz CT molecular complexity index is 622. The molecule has 0 aliphatic heterocycles. The second-order valence-electron chi connectivity index (χ2n) is 10.9. The third-order valence-corrected chi connectivity index (χ3v) is 7.08. The van der Waals surface area contributed by atoms with Crippen LogP contribution in [0.3, 0.4) is 0 Å². The summed E-state index contributed by atoms with van der Waals surface area (Å²) in [5.74, 6) is -0.480. The maximum Gasteiger partial charge on any atom is 0.472 e. The largest absolute Gasteiger partial charge is 0.472 e. The van der Waals surface area contributed by atoms with Crippen LogP contribution in [0.4, 0.5) is 0 Å². The Morgan fingerprint density at radius 3 is 1.86 bits per heavy atom. The molecule has 0 rings (SSSR count). The fraction of sp³-hybridized carbons (Fsp3) is 0.893. The molecular weight excluding hydrogens is 493 g/mol. The first-order chi connectivity index (χ1) is 17.6. The minimum Gasteiger partial charge on any atom is -0.457 e. The highest BCUT2D eigenvalue weighted by molar-refractivity contribution is 7.47. The number of allylic oxidation sites excluding steroid dienone is 2. The number of rotatable bonds is 26. The van der Waals surface area contributed by atoms with E-state index in [4.69, 9.17) is 13.8 Å². The summed E-state index contributed by atoms with van der Waals surface area (Å²) < 4.78 is 27.4. The highest BCUT2D eigenvalue weighted by atomic mass is 31.2. The maximum absolute atomic E-state index is 12.0. The number of ether oxygens (including phenoxy) is 1. The molecule has 0 bridgehead atoms. The van der Waals surface area contributed by atoms with E-state index in [-0.39, 0.29) is 13.0 Å². The number of phosphoric acid groups is 1. The van der Waals surface area contributed by atoms with Crippen molar-refractivity contribution in [2.75, 3.05) is 47.5 Å². The van der Waals surface area contributed by atoms with Gasteiger partial charge in [-0.1, -0.05) is 96.1 Å². The molecular formula is C28H57NO7P+. The molecule has 2 N–H and O–H groups in total. The Hall–Kier alpha value is -0.760. The van der Waals surface area contributed by atoms with Crippen LogP contribution in [0.5, 0.6) is 0 Å². The maximum atomic E-state index is 12.0. The van der Waals surface area contributed by atoms with Crippen molar-refractivity contribution < 1.29 is 37.6 Å². The van der Waals surface area contributed by atoms with Gasteiger partial charge in [0.15, 0.2) is 0 Å². The van der Waals surface area contributed by atoms with Crippen LogP contribution in [0, 0.1) is 0 Å². The van der Waals surface area contributed by atoms with Crippen molar-refractivity contribution in [2.24, 2.45) is 0 Å². The molecule has 8 nitrogen and oxygen atoms in total. The summed E-state index contributed by atoms with van der Waals surface area (Å²) in [7, 11) is 1.53. The van der Waals surface area contributed by atoms with Gasteiger partial charge in [0.1, 0.15) is 19.3 Å². The predicted octanol–water partition coefficient (Wildman–Crippen LogP) is 6.55. The summed E-state index contributed by atoms with van der Waals surface area (Å²) in [5, 5.41) is 9.39. The normalized spacial score (nSPS) is 14.6. The third kappa shape index (κ3) is 26.6. The van der Waals surface area contributed by atoms with E-state index in [1.54, 1.807) is 0 Å². The van der Waals surface area contributed by atoms with Crippen molar-refractivity contribution in [3.05, 3.63) is 12.2 Å². The number of hydrogen-bond acceptors (Lipinski definition) is 6. The molecule has 0 spiro atoms. The fourth-order valence-electron chi connectivity index (χ4n) is 3.73. The molecule has 0 aliphatic rings. The quantitative estimate of drug-likeness (QED) is 0.0414. The third-order valence-electron chi connectivity index (χ3n) is 6.10. The molecule has 220 valence electrons. The molecule has 0 aliphatic carbocycles. The van der Waals surface area contributed by atoms with Gasteiger partial charge in [-0.15, -0.1) is 0 Å². The summed E-state index contributed by atoms with van der Waals surface area (Å²) in [6, 6.07) is 0. The van der Waals surface area contributed by atoms with Crippen LogP contribution >= 0.6 is 7.82 Å². The zero-order chi connectivity index (χ0) is 27.8. The Labute approximate surface area is 227 Å². The number of carbonyl (C=O) groups excluding carboxylic acids is 1. The molecule has 0 aromatic rings. The predicted molar refractivity (Wildman–Crippen MR) is 150 cm³/mol. The average Bonchev–Trinajstić information content (AvgIpc) is 2.82.